The highest BCUT2D eigenvalue weighted by molar-refractivity contribution is 7.99. The number of rotatable bonds is 4. The van der Waals surface area contributed by atoms with E-state index < -0.39 is 0 Å². The summed E-state index contributed by atoms with van der Waals surface area (Å²) in [6, 6.07) is 0.671. The van der Waals surface area contributed by atoms with Crippen LogP contribution >= 0.6 is 11.8 Å². The van der Waals surface area contributed by atoms with Crippen molar-refractivity contribution in [2.24, 2.45) is 5.73 Å². The Balaban J connectivity index is 1.95. The van der Waals surface area contributed by atoms with Crippen LogP contribution in [0.5, 0.6) is 0 Å². The van der Waals surface area contributed by atoms with Crippen molar-refractivity contribution in [3.63, 3.8) is 0 Å². The maximum Gasteiger partial charge on any atom is 0.0611 e. The van der Waals surface area contributed by atoms with E-state index >= 15 is 0 Å². The Bertz CT molecular complexity index is 231. The average molecular weight is 244 g/mol. The van der Waals surface area contributed by atoms with Crippen LogP contribution < -0.4 is 5.73 Å². The van der Waals surface area contributed by atoms with Crippen LogP contribution in [0.2, 0.25) is 0 Å². The molecule has 1 saturated heterocycles. The zero-order valence-electron chi connectivity index (χ0n) is 10.4. The van der Waals surface area contributed by atoms with E-state index in [4.69, 9.17) is 10.5 Å². The number of hydrogen-bond acceptors (Lipinski definition) is 4. The van der Waals surface area contributed by atoms with Crippen molar-refractivity contribution in [3.05, 3.63) is 0 Å². The number of hydrogen-bond donors (Lipinski definition) is 1. The predicted octanol–water partition coefficient (Wildman–Crippen LogP) is 1.32. The van der Waals surface area contributed by atoms with Gasteiger partial charge in [-0.2, -0.15) is 11.8 Å². The Morgan fingerprint density at radius 3 is 2.81 bits per heavy atom. The molecule has 0 aromatic heterocycles. The summed E-state index contributed by atoms with van der Waals surface area (Å²) in [5, 5.41) is 0. The summed E-state index contributed by atoms with van der Waals surface area (Å²) in [7, 11) is 0. The lowest BCUT2D eigenvalue weighted by atomic mass is 9.72. The number of thioether (sulfide) groups is 1. The largest absolute Gasteiger partial charge is 0.378 e. The summed E-state index contributed by atoms with van der Waals surface area (Å²) >= 11 is 2.07. The van der Waals surface area contributed by atoms with Crippen molar-refractivity contribution in [3.8, 4) is 0 Å². The molecule has 16 heavy (non-hydrogen) atoms. The maximum atomic E-state index is 6.02. The maximum absolute atomic E-state index is 6.02. The molecule has 0 aromatic rings. The van der Waals surface area contributed by atoms with Crippen molar-refractivity contribution in [2.45, 2.75) is 44.4 Å². The third kappa shape index (κ3) is 2.26. The first-order valence-electron chi connectivity index (χ1n) is 6.38. The van der Waals surface area contributed by atoms with E-state index in [1.54, 1.807) is 0 Å². The molecule has 0 radical (unpaired) electrons. The van der Waals surface area contributed by atoms with Gasteiger partial charge in [-0.3, -0.25) is 4.90 Å². The van der Waals surface area contributed by atoms with Gasteiger partial charge in [0, 0.05) is 42.8 Å². The third-order valence-corrected chi connectivity index (χ3v) is 5.16. The second-order valence-electron chi connectivity index (χ2n) is 5.03. The molecule has 1 heterocycles. The molecular weight excluding hydrogens is 220 g/mol. The topological polar surface area (TPSA) is 38.5 Å². The monoisotopic (exact) mass is 244 g/mol. The van der Waals surface area contributed by atoms with E-state index in [1.165, 1.54) is 18.1 Å². The summed E-state index contributed by atoms with van der Waals surface area (Å²) in [5.74, 6) is 2.51. The molecule has 1 aliphatic heterocycles. The van der Waals surface area contributed by atoms with Crippen molar-refractivity contribution >= 4 is 11.8 Å². The molecule has 0 spiro atoms. The van der Waals surface area contributed by atoms with Crippen LogP contribution in [-0.2, 0) is 4.74 Å². The summed E-state index contributed by atoms with van der Waals surface area (Å²) < 4.78 is 5.67. The Morgan fingerprint density at radius 1 is 1.50 bits per heavy atom. The van der Waals surface area contributed by atoms with E-state index in [-0.39, 0.29) is 5.54 Å². The first-order valence-corrected chi connectivity index (χ1v) is 7.53. The standard InChI is InChI=1S/C12H24N2OS/c1-3-15-11-6-12(7-11,9-13)14-4-5-16-8-10(14)2/h10-11H,3-9,13H2,1-2H3. The molecule has 4 heteroatoms. The van der Waals surface area contributed by atoms with E-state index in [1.807, 2.05) is 0 Å². The number of nitrogens with zero attached hydrogens (tertiary/aromatic N) is 1. The molecule has 0 bridgehead atoms. The molecule has 2 N–H and O–H groups in total. The molecule has 2 fully saturated rings. The van der Waals surface area contributed by atoms with Gasteiger partial charge in [-0.05, 0) is 26.7 Å². The SMILES string of the molecule is CCOC1CC(CN)(N2CCSCC2C)C1. The van der Waals surface area contributed by atoms with Gasteiger partial charge in [0.2, 0.25) is 0 Å². The lowest BCUT2D eigenvalue weighted by Gasteiger charge is -2.56. The van der Waals surface area contributed by atoms with Gasteiger partial charge in [-0.25, -0.2) is 0 Å². The van der Waals surface area contributed by atoms with E-state index in [2.05, 4.69) is 30.5 Å². The smallest absolute Gasteiger partial charge is 0.0611 e. The fourth-order valence-corrected chi connectivity index (χ4v) is 4.11. The molecule has 3 nitrogen and oxygen atoms in total. The highest BCUT2D eigenvalue weighted by Gasteiger charge is 2.49. The molecule has 0 aromatic carbocycles. The minimum Gasteiger partial charge on any atom is -0.378 e. The van der Waals surface area contributed by atoms with Gasteiger partial charge in [-0.1, -0.05) is 0 Å². The van der Waals surface area contributed by atoms with Gasteiger partial charge >= 0.3 is 0 Å². The zero-order chi connectivity index (χ0) is 11.6. The normalized spacial score (nSPS) is 40.7. The first-order chi connectivity index (χ1) is 7.72. The molecule has 94 valence electrons. The van der Waals surface area contributed by atoms with Gasteiger partial charge in [0.15, 0.2) is 0 Å². The minimum absolute atomic E-state index is 0.250. The summed E-state index contributed by atoms with van der Waals surface area (Å²) in [4.78, 5) is 2.64. The first kappa shape index (κ1) is 12.7. The lowest BCUT2D eigenvalue weighted by molar-refractivity contribution is -0.108. The fraction of sp³-hybridized carbons (Fsp3) is 1.00. The Kier molecular flexibility index (Phi) is 4.16. The van der Waals surface area contributed by atoms with Crippen molar-refractivity contribution in [2.75, 3.05) is 31.2 Å². The van der Waals surface area contributed by atoms with Gasteiger partial charge < -0.3 is 10.5 Å². The molecular formula is C12H24N2OS. The molecule has 1 atom stereocenters. The van der Waals surface area contributed by atoms with Crippen LogP contribution in [0.1, 0.15) is 26.7 Å². The second-order valence-corrected chi connectivity index (χ2v) is 6.18. The van der Waals surface area contributed by atoms with Gasteiger partial charge in [-0.15, -0.1) is 0 Å². The molecule has 1 unspecified atom stereocenters. The summed E-state index contributed by atoms with van der Waals surface area (Å²) in [6.07, 6.45) is 2.72. The van der Waals surface area contributed by atoms with E-state index in [0.29, 0.717) is 12.1 Å². The van der Waals surface area contributed by atoms with Gasteiger partial charge in [0.05, 0.1) is 6.10 Å². The third-order valence-electron chi connectivity index (χ3n) is 3.97. The highest BCUT2D eigenvalue weighted by Crippen LogP contribution is 2.41. The van der Waals surface area contributed by atoms with Crippen LogP contribution in [0.25, 0.3) is 0 Å². The predicted molar refractivity (Wildman–Crippen MR) is 69.9 cm³/mol. The van der Waals surface area contributed by atoms with E-state index in [9.17, 15) is 0 Å². The minimum atomic E-state index is 0.250. The molecule has 2 rings (SSSR count). The lowest BCUT2D eigenvalue weighted by Crippen LogP contribution is -2.67. The Hall–Kier alpha value is 0.230. The average Bonchev–Trinajstić information content (AvgIpc) is 2.24. The highest BCUT2D eigenvalue weighted by atomic mass is 32.2. The van der Waals surface area contributed by atoms with Crippen LogP contribution in [0.15, 0.2) is 0 Å². The molecule has 1 saturated carbocycles. The quantitative estimate of drug-likeness (QED) is 0.809. The van der Waals surface area contributed by atoms with Crippen molar-refractivity contribution in [1.29, 1.82) is 0 Å². The molecule has 0 amide bonds. The van der Waals surface area contributed by atoms with Crippen LogP contribution in [0.4, 0.5) is 0 Å². The summed E-state index contributed by atoms with van der Waals surface area (Å²) in [5.41, 5.74) is 6.27. The van der Waals surface area contributed by atoms with Crippen molar-refractivity contribution in [1.82, 2.24) is 4.90 Å². The number of nitrogens with two attached hydrogens (primary N) is 1. The van der Waals surface area contributed by atoms with Gasteiger partial charge in [0.1, 0.15) is 0 Å². The van der Waals surface area contributed by atoms with Gasteiger partial charge in [0.25, 0.3) is 0 Å². The molecule has 1 aliphatic carbocycles. The van der Waals surface area contributed by atoms with Crippen LogP contribution in [-0.4, -0.2) is 53.8 Å². The number of ether oxygens (including phenoxy) is 1. The summed E-state index contributed by atoms with van der Waals surface area (Å²) in [6.45, 7) is 7.21. The fourth-order valence-electron chi connectivity index (χ4n) is 3.09. The van der Waals surface area contributed by atoms with Crippen molar-refractivity contribution < 1.29 is 4.74 Å². The molecule has 2 aliphatic rings. The van der Waals surface area contributed by atoms with E-state index in [0.717, 1.165) is 26.0 Å². The Labute approximate surface area is 103 Å². The van der Waals surface area contributed by atoms with Crippen LogP contribution in [0.3, 0.4) is 0 Å². The zero-order valence-corrected chi connectivity index (χ0v) is 11.3. The Morgan fingerprint density at radius 2 is 2.25 bits per heavy atom. The second kappa shape index (κ2) is 5.25. The van der Waals surface area contributed by atoms with Crippen LogP contribution in [0, 0.1) is 0 Å².